The van der Waals surface area contributed by atoms with Crippen LogP contribution in [0, 0.1) is 5.41 Å². The fraction of sp³-hybridized carbons (Fsp3) is 0.500. The van der Waals surface area contributed by atoms with Crippen LogP contribution in [0.25, 0.3) is 0 Å². The second-order valence-electron chi connectivity index (χ2n) is 4.95. The summed E-state index contributed by atoms with van der Waals surface area (Å²) in [5.74, 6) is 0. The number of aliphatic hydroxyl groups is 1. The molecule has 1 unspecified atom stereocenters. The Hall–Kier alpha value is -0.240. The van der Waals surface area contributed by atoms with Crippen molar-refractivity contribution in [2.45, 2.75) is 33.3 Å². The van der Waals surface area contributed by atoms with E-state index in [1.54, 1.807) is 18.2 Å². The van der Waals surface area contributed by atoms with Gasteiger partial charge in [-0.25, -0.2) is 0 Å². The molecular formula is C12H16Cl2O. The van der Waals surface area contributed by atoms with E-state index in [9.17, 15) is 5.11 Å². The summed E-state index contributed by atoms with van der Waals surface area (Å²) in [5.41, 5.74) is 0.818. The SMILES string of the molecule is CC(C)(C)CC(O)c1ccc(Cl)cc1Cl. The fourth-order valence-electron chi connectivity index (χ4n) is 1.46. The summed E-state index contributed by atoms with van der Waals surface area (Å²) < 4.78 is 0. The molecule has 0 radical (unpaired) electrons. The highest BCUT2D eigenvalue weighted by atomic mass is 35.5. The lowest BCUT2D eigenvalue weighted by Gasteiger charge is -2.23. The van der Waals surface area contributed by atoms with E-state index in [0.717, 1.165) is 5.56 Å². The van der Waals surface area contributed by atoms with Crippen LogP contribution in [0.4, 0.5) is 0 Å². The van der Waals surface area contributed by atoms with Gasteiger partial charge < -0.3 is 5.11 Å². The van der Waals surface area contributed by atoms with Gasteiger partial charge in [-0.05, 0) is 29.5 Å². The number of hydrogen-bond donors (Lipinski definition) is 1. The Labute approximate surface area is 101 Å². The molecule has 0 saturated carbocycles. The normalized spacial score (nSPS) is 14.0. The summed E-state index contributed by atoms with van der Waals surface area (Å²) in [5, 5.41) is 11.1. The van der Waals surface area contributed by atoms with Crippen LogP contribution in [0.15, 0.2) is 18.2 Å². The predicted molar refractivity (Wildman–Crippen MR) is 65.5 cm³/mol. The lowest BCUT2D eigenvalue weighted by molar-refractivity contribution is 0.122. The zero-order chi connectivity index (χ0) is 11.6. The number of hydrogen-bond acceptors (Lipinski definition) is 1. The third-order valence-corrected chi connectivity index (χ3v) is 2.69. The minimum absolute atomic E-state index is 0.0718. The molecule has 0 aliphatic heterocycles. The quantitative estimate of drug-likeness (QED) is 0.817. The molecule has 1 atom stereocenters. The molecule has 0 aliphatic carbocycles. The second-order valence-corrected chi connectivity index (χ2v) is 5.79. The lowest BCUT2D eigenvalue weighted by atomic mass is 9.87. The van der Waals surface area contributed by atoms with Gasteiger partial charge in [0.1, 0.15) is 0 Å². The van der Waals surface area contributed by atoms with Crippen LogP contribution < -0.4 is 0 Å². The molecule has 0 spiro atoms. The number of benzene rings is 1. The summed E-state index contributed by atoms with van der Waals surface area (Å²) in [7, 11) is 0. The Balaban J connectivity index is 2.87. The van der Waals surface area contributed by atoms with Gasteiger partial charge in [0.2, 0.25) is 0 Å². The Morgan fingerprint density at radius 2 is 1.87 bits per heavy atom. The van der Waals surface area contributed by atoms with E-state index >= 15 is 0 Å². The Morgan fingerprint density at radius 1 is 1.27 bits per heavy atom. The van der Waals surface area contributed by atoms with Gasteiger partial charge in [-0.3, -0.25) is 0 Å². The Bertz CT molecular complexity index is 342. The van der Waals surface area contributed by atoms with Gasteiger partial charge >= 0.3 is 0 Å². The highest BCUT2D eigenvalue weighted by Crippen LogP contribution is 2.33. The third kappa shape index (κ3) is 4.02. The average molecular weight is 247 g/mol. The van der Waals surface area contributed by atoms with E-state index in [0.29, 0.717) is 16.5 Å². The fourth-order valence-corrected chi connectivity index (χ4v) is 2.00. The van der Waals surface area contributed by atoms with Gasteiger partial charge in [0.05, 0.1) is 6.10 Å². The average Bonchev–Trinajstić information content (AvgIpc) is 1.99. The zero-order valence-corrected chi connectivity index (χ0v) is 10.7. The first-order chi connectivity index (χ1) is 6.79. The number of aliphatic hydroxyl groups excluding tert-OH is 1. The summed E-state index contributed by atoms with van der Waals surface area (Å²) in [6, 6.07) is 5.18. The van der Waals surface area contributed by atoms with Crippen molar-refractivity contribution in [2.75, 3.05) is 0 Å². The first-order valence-electron chi connectivity index (χ1n) is 4.92. The molecule has 1 rings (SSSR count). The van der Waals surface area contributed by atoms with Crippen molar-refractivity contribution in [3.8, 4) is 0 Å². The van der Waals surface area contributed by atoms with Crippen molar-refractivity contribution in [1.82, 2.24) is 0 Å². The Morgan fingerprint density at radius 3 is 2.33 bits per heavy atom. The summed E-state index contributed by atoms with van der Waals surface area (Å²) in [6.07, 6.45) is 0.142. The molecule has 0 bridgehead atoms. The summed E-state index contributed by atoms with van der Waals surface area (Å²) in [6.45, 7) is 6.25. The molecule has 1 N–H and O–H groups in total. The molecule has 3 heteroatoms. The van der Waals surface area contributed by atoms with Gasteiger partial charge in [-0.2, -0.15) is 0 Å². The minimum atomic E-state index is -0.533. The molecule has 0 amide bonds. The van der Waals surface area contributed by atoms with E-state index in [4.69, 9.17) is 23.2 Å². The maximum Gasteiger partial charge on any atom is 0.0809 e. The van der Waals surface area contributed by atoms with E-state index in [1.165, 1.54) is 0 Å². The monoisotopic (exact) mass is 246 g/mol. The molecule has 0 aliphatic rings. The highest BCUT2D eigenvalue weighted by molar-refractivity contribution is 6.35. The van der Waals surface area contributed by atoms with Crippen LogP contribution in [-0.2, 0) is 0 Å². The van der Waals surface area contributed by atoms with Crippen LogP contribution >= 0.6 is 23.2 Å². The van der Waals surface area contributed by atoms with Crippen molar-refractivity contribution in [1.29, 1.82) is 0 Å². The predicted octanol–water partition coefficient (Wildman–Crippen LogP) is 4.46. The molecule has 0 saturated heterocycles. The zero-order valence-electron chi connectivity index (χ0n) is 9.22. The Kier molecular flexibility index (Phi) is 4.05. The topological polar surface area (TPSA) is 20.2 Å². The molecule has 15 heavy (non-hydrogen) atoms. The molecule has 1 aromatic carbocycles. The van der Waals surface area contributed by atoms with E-state index < -0.39 is 6.10 Å². The van der Waals surface area contributed by atoms with Crippen molar-refractivity contribution >= 4 is 23.2 Å². The molecular weight excluding hydrogens is 231 g/mol. The van der Waals surface area contributed by atoms with Crippen molar-refractivity contribution in [3.63, 3.8) is 0 Å². The van der Waals surface area contributed by atoms with Gasteiger partial charge in [0, 0.05) is 10.0 Å². The van der Waals surface area contributed by atoms with Crippen molar-refractivity contribution in [3.05, 3.63) is 33.8 Å². The highest BCUT2D eigenvalue weighted by Gasteiger charge is 2.19. The minimum Gasteiger partial charge on any atom is -0.388 e. The van der Waals surface area contributed by atoms with Crippen LogP contribution in [0.3, 0.4) is 0 Å². The molecule has 0 fully saturated rings. The van der Waals surface area contributed by atoms with Gasteiger partial charge in [-0.15, -0.1) is 0 Å². The van der Waals surface area contributed by atoms with E-state index in [2.05, 4.69) is 20.8 Å². The number of rotatable bonds is 2. The van der Waals surface area contributed by atoms with Crippen molar-refractivity contribution in [2.24, 2.45) is 5.41 Å². The van der Waals surface area contributed by atoms with Gasteiger partial charge in [0.25, 0.3) is 0 Å². The summed E-state index contributed by atoms with van der Waals surface area (Å²) >= 11 is 11.8. The standard InChI is InChI=1S/C12H16Cl2O/c1-12(2,3)7-11(15)9-5-4-8(13)6-10(9)14/h4-6,11,15H,7H2,1-3H3. The smallest absolute Gasteiger partial charge is 0.0809 e. The van der Waals surface area contributed by atoms with E-state index in [1.807, 2.05) is 0 Å². The maximum absolute atomic E-state index is 10.0. The third-order valence-electron chi connectivity index (χ3n) is 2.13. The largest absolute Gasteiger partial charge is 0.388 e. The number of halogens is 2. The van der Waals surface area contributed by atoms with Crippen LogP contribution in [0.1, 0.15) is 38.9 Å². The summed E-state index contributed by atoms with van der Waals surface area (Å²) in [4.78, 5) is 0. The first-order valence-corrected chi connectivity index (χ1v) is 5.68. The molecule has 1 nitrogen and oxygen atoms in total. The first kappa shape index (κ1) is 12.8. The van der Waals surface area contributed by atoms with Crippen LogP contribution in [0.5, 0.6) is 0 Å². The van der Waals surface area contributed by atoms with Crippen LogP contribution in [-0.4, -0.2) is 5.11 Å². The molecule has 0 heterocycles. The maximum atomic E-state index is 10.0. The van der Waals surface area contributed by atoms with Crippen molar-refractivity contribution < 1.29 is 5.11 Å². The van der Waals surface area contributed by atoms with Gasteiger partial charge in [0.15, 0.2) is 0 Å². The molecule has 84 valence electrons. The molecule has 0 aromatic heterocycles. The van der Waals surface area contributed by atoms with Crippen LogP contribution in [0.2, 0.25) is 10.0 Å². The lowest BCUT2D eigenvalue weighted by Crippen LogP contribution is -2.11. The van der Waals surface area contributed by atoms with Gasteiger partial charge in [-0.1, -0.05) is 50.0 Å². The van der Waals surface area contributed by atoms with E-state index in [-0.39, 0.29) is 5.41 Å². The molecule has 1 aromatic rings. The second kappa shape index (κ2) is 4.73.